The van der Waals surface area contributed by atoms with Gasteiger partial charge in [0.1, 0.15) is 19.3 Å². The predicted octanol–water partition coefficient (Wildman–Crippen LogP) is 3.61. The summed E-state index contributed by atoms with van der Waals surface area (Å²) >= 11 is 0. The normalized spacial score (nSPS) is 11.4. The van der Waals surface area contributed by atoms with E-state index in [0.29, 0.717) is 28.3 Å². The van der Waals surface area contributed by atoms with E-state index in [9.17, 15) is 23.3 Å². The van der Waals surface area contributed by atoms with E-state index < -0.39 is 20.9 Å². The number of nitrogens with one attached hydrogen (secondary N) is 1. The van der Waals surface area contributed by atoms with E-state index in [-0.39, 0.29) is 29.8 Å². The van der Waals surface area contributed by atoms with Crippen LogP contribution in [0.4, 0.5) is 17.5 Å². The van der Waals surface area contributed by atoms with Crippen LogP contribution in [-0.4, -0.2) is 51.7 Å². The molecule has 0 fully saturated rings. The molecule has 0 saturated heterocycles. The second kappa shape index (κ2) is 11.6. The molecule has 0 aliphatic rings. The number of esters is 1. The zero-order chi connectivity index (χ0) is 28.0. The van der Waals surface area contributed by atoms with Gasteiger partial charge in [0.15, 0.2) is 5.82 Å². The molecule has 14 heteroatoms. The van der Waals surface area contributed by atoms with E-state index in [0.717, 1.165) is 6.20 Å². The summed E-state index contributed by atoms with van der Waals surface area (Å²) in [5.74, 6) is -0.301. The molecule has 4 rings (SSSR count). The van der Waals surface area contributed by atoms with E-state index in [2.05, 4.69) is 24.7 Å². The number of aliphatic imine (C=N–C) groups is 1. The van der Waals surface area contributed by atoms with Crippen molar-refractivity contribution in [2.45, 2.75) is 25.3 Å². The zero-order valence-electron chi connectivity index (χ0n) is 20.9. The summed E-state index contributed by atoms with van der Waals surface area (Å²) in [6, 6.07) is 14.1. The molecule has 200 valence electrons. The first-order chi connectivity index (χ1) is 18.6. The average molecular weight is 550 g/mol. The highest BCUT2D eigenvalue weighted by atomic mass is 32.2. The molecule has 0 radical (unpaired) electrons. The number of nitro groups is 1. The number of rotatable bonds is 10. The number of benzene rings is 2. The SMILES string of the molecule is Cc1ccnc(NS(=O)(=O)c2ccc(N=Cc3ccc(C(=O)OCCn4c([N+](=O)[O-])cnc4C)cc3)cc2)n1. The van der Waals surface area contributed by atoms with Gasteiger partial charge in [-0.1, -0.05) is 12.1 Å². The number of anilines is 1. The molecular weight excluding hydrogens is 526 g/mol. The van der Waals surface area contributed by atoms with Crippen LogP contribution in [0.25, 0.3) is 0 Å². The van der Waals surface area contributed by atoms with Crippen LogP contribution in [-0.2, 0) is 21.3 Å². The molecule has 0 atom stereocenters. The van der Waals surface area contributed by atoms with Crippen molar-refractivity contribution in [2.24, 2.45) is 4.99 Å². The number of carbonyl (C=O) groups is 1. The molecule has 0 saturated carbocycles. The van der Waals surface area contributed by atoms with Crippen molar-refractivity contribution in [1.29, 1.82) is 0 Å². The van der Waals surface area contributed by atoms with Crippen molar-refractivity contribution in [3.8, 4) is 0 Å². The Labute approximate surface area is 223 Å². The number of aryl methyl sites for hydroxylation is 2. The summed E-state index contributed by atoms with van der Waals surface area (Å²) in [6.07, 6.45) is 4.19. The smallest absolute Gasteiger partial charge is 0.342 e. The van der Waals surface area contributed by atoms with Gasteiger partial charge in [-0.15, -0.1) is 0 Å². The molecule has 4 aromatic rings. The highest BCUT2D eigenvalue weighted by Gasteiger charge is 2.18. The van der Waals surface area contributed by atoms with Gasteiger partial charge in [0, 0.05) is 25.0 Å². The van der Waals surface area contributed by atoms with E-state index in [1.807, 2.05) is 0 Å². The average Bonchev–Trinajstić information content (AvgIpc) is 3.28. The Morgan fingerprint density at radius 2 is 1.82 bits per heavy atom. The Morgan fingerprint density at radius 1 is 1.10 bits per heavy atom. The van der Waals surface area contributed by atoms with Crippen molar-refractivity contribution in [3.63, 3.8) is 0 Å². The van der Waals surface area contributed by atoms with E-state index in [1.165, 1.54) is 22.9 Å². The van der Waals surface area contributed by atoms with Crippen LogP contribution in [0.5, 0.6) is 0 Å². The topological polar surface area (TPSA) is 172 Å². The fourth-order valence-electron chi connectivity index (χ4n) is 3.43. The Hall–Kier alpha value is -4.98. The van der Waals surface area contributed by atoms with Gasteiger partial charge >= 0.3 is 11.8 Å². The molecule has 2 aromatic carbocycles. The van der Waals surface area contributed by atoms with Gasteiger partial charge in [0.2, 0.25) is 5.95 Å². The van der Waals surface area contributed by atoms with Gasteiger partial charge in [-0.25, -0.2) is 37.5 Å². The molecule has 0 aliphatic heterocycles. The summed E-state index contributed by atoms with van der Waals surface area (Å²) < 4.78 is 34.1. The molecule has 0 bridgehead atoms. The van der Waals surface area contributed by atoms with Crippen LogP contribution < -0.4 is 4.72 Å². The highest BCUT2D eigenvalue weighted by Crippen LogP contribution is 2.19. The van der Waals surface area contributed by atoms with Crippen molar-refractivity contribution in [1.82, 2.24) is 19.5 Å². The fourth-order valence-corrected chi connectivity index (χ4v) is 4.39. The quantitative estimate of drug-likeness (QED) is 0.134. The van der Waals surface area contributed by atoms with E-state index >= 15 is 0 Å². The number of carbonyl (C=O) groups excluding carboxylic acids is 1. The number of sulfonamides is 1. The third-order valence-electron chi connectivity index (χ3n) is 5.45. The molecule has 13 nitrogen and oxygen atoms in total. The molecule has 0 aliphatic carbocycles. The van der Waals surface area contributed by atoms with Gasteiger partial charge in [-0.2, -0.15) is 0 Å². The first-order valence-electron chi connectivity index (χ1n) is 11.5. The van der Waals surface area contributed by atoms with Crippen LogP contribution >= 0.6 is 0 Å². The van der Waals surface area contributed by atoms with Crippen molar-refractivity contribution in [2.75, 3.05) is 11.3 Å². The third-order valence-corrected chi connectivity index (χ3v) is 6.79. The molecule has 2 heterocycles. The molecule has 1 N–H and O–H groups in total. The van der Waals surface area contributed by atoms with Crippen molar-refractivity contribution < 1.29 is 22.9 Å². The number of hydrogen-bond donors (Lipinski definition) is 1. The summed E-state index contributed by atoms with van der Waals surface area (Å²) in [4.78, 5) is 39.1. The molecule has 2 aromatic heterocycles. The largest absolute Gasteiger partial charge is 0.458 e. The maximum Gasteiger partial charge on any atom is 0.342 e. The van der Waals surface area contributed by atoms with Crippen LogP contribution in [0.2, 0.25) is 0 Å². The maximum absolute atomic E-state index is 12.6. The first-order valence-corrected chi connectivity index (χ1v) is 13.0. The van der Waals surface area contributed by atoms with Crippen LogP contribution in [0.3, 0.4) is 0 Å². The Balaban J connectivity index is 1.32. The number of imidazole rings is 1. The Morgan fingerprint density at radius 3 is 2.49 bits per heavy atom. The van der Waals surface area contributed by atoms with Gasteiger partial charge in [-0.3, -0.25) is 4.99 Å². The van der Waals surface area contributed by atoms with Crippen LogP contribution in [0.1, 0.15) is 27.4 Å². The van der Waals surface area contributed by atoms with Crippen LogP contribution in [0.15, 0.2) is 76.9 Å². The Bertz CT molecular complexity index is 1630. The lowest BCUT2D eigenvalue weighted by atomic mass is 10.1. The lowest BCUT2D eigenvalue weighted by Gasteiger charge is -2.07. The second-order valence-corrected chi connectivity index (χ2v) is 9.89. The predicted molar refractivity (Wildman–Crippen MR) is 142 cm³/mol. The molecule has 0 spiro atoms. The number of nitrogens with zero attached hydrogens (tertiary/aromatic N) is 6. The minimum atomic E-state index is -3.86. The second-order valence-electron chi connectivity index (χ2n) is 8.21. The van der Waals surface area contributed by atoms with Gasteiger partial charge in [0.05, 0.1) is 16.1 Å². The molecule has 0 amide bonds. The highest BCUT2D eigenvalue weighted by molar-refractivity contribution is 7.92. The summed E-state index contributed by atoms with van der Waals surface area (Å²) in [5, 5.41) is 11.1. The molecule has 39 heavy (non-hydrogen) atoms. The third kappa shape index (κ3) is 6.87. The van der Waals surface area contributed by atoms with Gasteiger partial charge < -0.3 is 14.9 Å². The minimum absolute atomic E-state index is 0.0123. The lowest BCUT2D eigenvalue weighted by Crippen LogP contribution is -2.15. The van der Waals surface area contributed by atoms with E-state index in [4.69, 9.17) is 4.74 Å². The van der Waals surface area contributed by atoms with Gasteiger partial charge in [0.25, 0.3) is 10.0 Å². The standard InChI is InChI=1S/C25H23N7O6S/c1-17-11-12-26-25(29-17)30-39(36,37)22-9-7-21(8-10-22)28-15-19-3-5-20(6-4-19)24(33)38-14-13-31-18(2)27-16-23(31)32(34)35/h3-12,15-16H,13-14H2,1-2H3,(H,26,29,30). The first kappa shape index (κ1) is 27.1. The lowest BCUT2D eigenvalue weighted by molar-refractivity contribution is -0.392. The summed E-state index contributed by atoms with van der Waals surface area (Å²) in [6.45, 7) is 3.41. The maximum atomic E-state index is 12.6. The van der Waals surface area contributed by atoms with Crippen molar-refractivity contribution in [3.05, 3.63) is 99.8 Å². The van der Waals surface area contributed by atoms with Crippen LogP contribution in [0, 0.1) is 24.0 Å². The van der Waals surface area contributed by atoms with Crippen molar-refractivity contribution >= 4 is 39.7 Å². The number of hydrogen-bond acceptors (Lipinski definition) is 10. The van der Waals surface area contributed by atoms with E-state index in [1.54, 1.807) is 62.5 Å². The Kier molecular flexibility index (Phi) is 8.05. The fraction of sp³-hybridized carbons (Fsp3) is 0.160. The summed E-state index contributed by atoms with van der Waals surface area (Å²) in [5.41, 5.74) is 2.16. The summed E-state index contributed by atoms with van der Waals surface area (Å²) in [7, 11) is -3.86. The molecular formula is C25H23N7O6S. The zero-order valence-corrected chi connectivity index (χ0v) is 21.7. The number of aromatic nitrogens is 4. The van der Waals surface area contributed by atoms with Gasteiger partial charge in [-0.05, 0) is 59.9 Å². The minimum Gasteiger partial charge on any atom is -0.458 e. The molecule has 0 unspecified atom stereocenters. The number of ether oxygens (including phenoxy) is 1. The monoisotopic (exact) mass is 549 g/mol.